The summed E-state index contributed by atoms with van der Waals surface area (Å²) in [5.41, 5.74) is 0.939. The summed E-state index contributed by atoms with van der Waals surface area (Å²) in [5.74, 6) is -0.273. The van der Waals surface area contributed by atoms with E-state index < -0.39 is 18.1 Å². The molecule has 6 nitrogen and oxygen atoms in total. The van der Waals surface area contributed by atoms with E-state index in [4.69, 9.17) is 10.00 Å². The van der Waals surface area contributed by atoms with Gasteiger partial charge in [0, 0.05) is 6.54 Å². The molecule has 0 bridgehead atoms. The molecule has 0 aliphatic heterocycles. The molecule has 0 fully saturated rings. The number of hydrogen-bond donors (Lipinski definition) is 2. The van der Waals surface area contributed by atoms with Gasteiger partial charge in [0.2, 0.25) is 0 Å². The first-order chi connectivity index (χ1) is 10.5. The molecule has 1 atom stereocenters. The number of ether oxygens (including phenoxy) is 1. The number of carbonyl (C=O) groups excluding carboxylic acids is 2. The van der Waals surface area contributed by atoms with Gasteiger partial charge in [-0.15, -0.1) is 0 Å². The number of alkyl carbamates (subject to hydrolysis) is 1. The van der Waals surface area contributed by atoms with Gasteiger partial charge in [-0.3, -0.25) is 4.79 Å². The normalized spacial score (nSPS) is 11.4. The van der Waals surface area contributed by atoms with Crippen molar-refractivity contribution >= 4 is 12.0 Å². The third-order valence-corrected chi connectivity index (χ3v) is 2.85. The molecule has 22 heavy (non-hydrogen) atoms. The van der Waals surface area contributed by atoms with Crippen molar-refractivity contribution < 1.29 is 14.3 Å². The third kappa shape index (κ3) is 6.75. The van der Waals surface area contributed by atoms with Gasteiger partial charge in [0.15, 0.2) is 6.10 Å². The van der Waals surface area contributed by atoms with Crippen molar-refractivity contribution in [3.05, 3.63) is 35.9 Å². The first-order valence-electron chi connectivity index (χ1n) is 7.16. The van der Waals surface area contributed by atoms with Gasteiger partial charge in [-0.2, -0.15) is 5.26 Å². The molecule has 1 rings (SSSR count). The maximum atomic E-state index is 11.9. The largest absolute Gasteiger partial charge is 0.436 e. The van der Waals surface area contributed by atoms with Gasteiger partial charge in [-0.05, 0) is 17.9 Å². The minimum absolute atomic E-state index is 0.109. The monoisotopic (exact) mass is 303 g/mol. The van der Waals surface area contributed by atoms with Gasteiger partial charge in [0.05, 0.1) is 6.07 Å². The maximum Gasteiger partial charge on any atom is 0.408 e. The van der Waals surface area contributed by atoms with Crippen LogP contribution in [0.5, 0.6) is 0 Å². The summed E-state index contributed by atoms with van der Waals surface area (Å²) in [4.78, 5) is 23.7. The Morgan fingerprint density at radius 1 is 1.23 bits per heavy atom. The topological polar surface area (TPSA) is 91.2 Å². The van der Waals surface area contributed by atoms with Crippen LogP contribution in [0.4, 0.5) is 4.79 Å². The Hall–Kier alpha value is -2.55. The van der Waals surface area contributed by atoms with E-state index in [0.717, 1.165) is 5.56 Å². The Morgan fingerprint density at radius 2 is 1.91 bits per heavy atom. The fraction of sp³-hybridized carbons (Fsp3) is 0.438. The van der Waals surface area contributed by atoms with Crippen molar-refractivity contribution in [3.63, 3.8) is 0 Å². The van der Waals surface area contributed by atoms with E-state index in [0.29, 0.717) is 13.0 Å². The fourth-order valence-corrected chi connectivity index (χ4v) is 1.82. The lowest BCUT2D eigenvalue weighted by Crippen LogP contribution is -2.41. The van der Waals surface area contributed by atoms with Crippen LogP contribution in [0.15, 0.2) is 30.3 Å². The second kappa shape index (κ2) is 9.40. The molecule has 0 radical (unpaired) electrons. The number of nitrogens with one attached hydrogen (secondary N) is 2. The molecule has 1 unspecified atom stereocenters. The van der Waals surface area contributed by atoms with E-state index in [-0.39, 0.29) is 12.5 Å². The van der Waals surface area contributed by atoms with Gasteiger partial charge in [0.1, 0.15) is 6.54 Å². The van der Waals surface area contributed by atoms with Gasteiger partial charge in [-0.1, -0.05) is 44.2 Å². The number of amides is 2. The zero-order valence-electron chi connectivity index (χ0n) is 12.8. The lowest BCUT2D eigenvalue weighted by molar-refractivity contribution is -0.130. The number of carbonyl (C=O) groups is 2. The van der Waals surface area contributed by atoms with Crippen molar-refractivity contribution in [1.29, 1.82) is 5.26 Å². The van der Waals surface area contributed by atoms with Crippen molar-refractivity contribution in [2.45, 2.75) is 32.9 Å². The lowest BCUT2D eigenvalue weighted by atomic mass is 10.1. The molecule has 6 heteroatoms. The standard InChI is InChI=1S/C16H21N3O3/c1-12(2)10-14(15(20)18-9-8-17)22-16(21)19-11-13-6-4-3-5-7-13/h3-7,12,14H,9-11H2,1-2H3,(H,18,20)(H,19,21). The van der Waals surface area contributed by atoms with Crippen LogP contribution in [0.1, 0.15) is 25.8 Å². The van der Waals surface area contributed by atoms with E-state index in [2.05, 4.69) is 10.6 Å². The summed E-state index contributed by atoms with van der Waals surface area (Å²) in [7, 11) is 0. The Bertz CT molecular complexity index is 523. The first kappa shape index (κ1) is 17.5. The molecule has 0 aliphatic carbocycles. The number of nitrogens with zero attached hydrogens (tertiary/aromatic N) is 1. The van der Waals surface area contributed by atoms with E-state index in [1.165, 1.54) is 0 Å². The molecular weight excluding hydrogens is 282 g/mol. The van der Waals surface area contributed by atoms with Gasteiger partial charge < -0.3 is 15.4 Å². The zero-order chi connectivity index (χ0) is 16.4. The highest BCUT2D eigenvalue weighted by molar-refractivity contribution is 5.83. The van der Waals surface area contributed by atoms with E-state index >= 15 is 0 Å². The molecule has 0 saturated heterocycles. The summed E-state index contributed by atoms with van der Waals surface area (Å²) < 4.78 is 5.17. The Balaban J connectivity index is 2.51. The summed E-state index contributed by atoms with van der Waals surface area (Å²) in [6, 6.07) is 11.2. The van der Waals surface area contributed by atoms with E-state index in [1.807, 2.05) is 50.2 Å². The van der Waals surface area contributed by atoms with Crippen LogP contribution in [-0.2, 0) is 16.1 Å². The average Bonchev–Trinajstić information content (AvgIpc) is 2.50. The second-order valence-electron chi connectivity index (χ2n) is 5.24. The molecule has 118 valence electrons. The van der Waals surface area contributed by atoms with Crippen LogP contribution in [0.3, 0.4) is 0 Å². The smallest absolute Gasteiger partial charge is 0.408 e. The van der Waals surface area contributed by atoms with Crippen molar-refractivity contribution in [1.82, 2.24) is 10.6 Å². The molecule has 0 saturated carbocycles. The SMILES string of the molecule is CC(C)CC(OC(=O)NCc1ccccc1)C(=O)NCC#N. The van der Waals surface area contributed by atoms with E-state index in [1.54, 1.807) is 0 Å². The molecule has 0 spiro atoms. The lowest BCUT2D eigenvalue weighted by Gasteiger charge is -2.18. The summed E-state index contributed by atoms with van der Waals surface area (Å²) in [5, 5.41) is 13.5. The molecule has 1 aromatic carbocycles. The zero-order valence-corrected chi connectivity index (χ0v) is 12.8. The highest BCUT2D eigenvalue weighted by atomic mass is 16.6. The van der Waals surface area contributed by atoms with Crippen molar-refractivity contribution in [3.8, 4) is 6.07 Å². The molecule has 1 aromatic rings. The third-order valence-electron chi connectivity index (χ3n) is 2.85. The average molecular weight is 303 g/mol. The maximum absolute atomic E-state index is 11.9. The van der Waals surface area contributed by atoms with Crippen LogP contribution in [0.2, 0.25) is 0 Å². The molecule has 0 heterocycles. The molecule has 0 aromatic heterocycles. The van der Waals surface area contributed by atoms with Crippen molar-refractivity contribution in [2.75, 3.05) is 6.54 Å². The van der Waals surface area contributed by atoms with Crippen LogP contribution >= 0.6 is 0 Å². The highest BCUT2D eigenvalue weighted by Crippen LogP contribution is 2.09. The Labute approximate surface area is 130 Å². The second-order valence-corrected chi connectivity index (χ2v) is 5.24. The van der Waals surface area contributed by atoms with Crippen LogP contribution in [0, 0.1) is 17.2 Å². The van der Waals surface area contributed by atoms with Gasteiger partial charge >= 0.3 is 6.09 Å². The van der Waals surface area contributed by atoms with Crippen LogP contribution < -0.4 is 10.6 Å². The minimum atomic E-state index is -0.899. The van der Waals surface area contributed by atoms with Crippen LogP contribution in [0.25, 0.3) is 0 Å². The Kier molecular flexibility index (Phi) is 7.48. The number of rotatable bonds is 7. The molecule has 0 aliphatic rings. The van der Waals surface area contributed by atoms with Gasteiger partial charge in [0.25, 0.3) is 5.91 Å². The van der Waals surface area contributed by atoms with E-state index in [9.17, 15) is 9.59 Å². The fourth-order valence-electron chi connectivity index (χ4n) is 1.82. The number of benzene rings is 1. The van der Waals surface area contributed by atoms with Crippen molar-refractivity contribution in [2.24, 2.45) is 5.92 Å². The predicted octanol–water partition coefficient (Wildman–Crippen LogP) is 1.97. The van der Waals surface area contributed by atoms with Gasteiger partial charge in [-0.25, -0.2) is 4.79 Å². The minimum Gasteiger partial charge on any atom is -0.436 e. The molecule has 2 amide bonds. The highest BCUT2D eigenvalue weighted by Gasteiger charge is 2.23. The summed E-state index contributed by atoms with van der Waals surface area (Å²) >= 11 is 0. The summed E-state index contributed by atoms with van der Waals surface area (Å²) in [6.45, 7) is 4.07. The summed E-state index contributed by atoms with van der Waals surface area (Å²) in [6.07, 6.45) is -1.15. The first-order valence-corrected chi connectivity index (χ1v) is 7.16. The quantitative estimate of drug-likeness (QED) is 0.753. The molecule has 2 N–H and O–H groups in total. The van der Waals surface area contributed by atoms with Crippen LogP contribution in [-0.4, -0.2) is 24.6 Å². The molecular formula is C16H21N3O3. The Morgan fingerprint density at radius 3 is 2.50 bits per heavy atom. The number of hydrogen-bond acceptors (Lipinski definition) is 4. The predicted molar refractivity (Wildman–Crippen MR) is 81.6 cm³/mol. The number of nitriles is 1.